The maximum Gasteiger partial charge on any atom is 0.327 e. The molecule has 0 radical (unpaired) electrons. The number of carbonyl (C=O) groups is 4. The summed E-state index contributed by atoms with van der Waals surface area (Å²) in [5.74, 6) is -2.05. The monoisotopic (exact) mass is 413 g/mol. The number of carboxylic acids is 1. The molecule has 1 aromatic rings. The Balaban J connectivity index is 1.58. The minimum Gasteiger partial charge on any atom is -0.480 e. The molecule has 0 saturated heterocycles. The molecule has 1 aromatic carbocycles. The van der Waals surface area contributed by atoms with Crippen molar-refractivity contribution in [1.29, 1.82) is 0 Å². The van der Waals surface area contributed by atoms with E-state index in [1.54, 1.807) is 0 Å². The van der Waals surface area contributed by atoms with E-state index >= 15 is 0 Å². The van der Waals surface area contributed by atoms with Crippen molar-refractivity contribution in [3.05, 3.63) is 29.3 Å². The van der Waals surface area contributed by atoms with Crippen LogP contribution in [0.25, 0.3) is 0 Å². The number of carbonyl (C=O) groups excluding carboxylic acids is 3. The standard InChI is InChI=1S/C22H27N3O5/c1-12(26)23-18(13-5-2-3-6-13)20(27)24-16-10-9-14-7-4-8-15-11-17(22(29)30)25(19(14)15)21(16)28/h4,7-8,13,16-18H,2-3,5-6,9-11H2,1H3,(H,23,26)(H,24,27)(H,29,30)/t16-,17-,18-/m0/s1. The molecule has 3 N–H and O–H groups in total. The lowest BCUT2D eigenvalue weighted by Gasteiger charge is -2.29. The molecule has 2 heterocycles. The second-order valence-corrected chi connectivity index (χ2v) is 8.51. The number of hydrogen-bond donors (Lipinski definition) is 3. The second-order valence-electron chi connectivity index (χ2n) is 8.51. The summed E-state index contributed by atoms with van der Waals surface area (Å²) in [5, 5.41) is 15.3. The van der Waals surface area contributed by atoms with Crippen molar-refractivity contribution in [3.63, 3.8) is 0 Å². The summed E-state index contributed by atoms with van der Waals surface area (Å²) >= 11 is 0. The number of para-hydroxylation sites is 1. The van der Waals surface area contributed by atoms with E-state index in [1.165, 1.54) is 11.8 Å². The van der Waals surface area contributed by atoms with Gasteiger partial charge in [-0.05, 0) is 42.7 Å². The molecule has 8 heteroatoms. The number of nitrogens with one attached hydrogen (secondary N) is 2. The molecule has 3 aliphatic rings. The van der Waals surface area contributed by atoms with Crippen molar-refractivity contribution in [1.82, 2.24) is 10.6 Å². The lowest BCUT2D eigenvalue weighted by Crippen LogP contribution is -2.57. The Morgan fingerprint density at radius 3 is 2.50 bits per heavy atom. The van der Waals surface area contributed by atoms with Crippen LogP contribution in [0.3, 0.4) is 0 Å². The third-order valence-corrected chi connectivity index (χ3v) is 6.52. The number of aryl methyl sites for hydroxylation is 1. The molecule has 4 rings (SSSR count). The smallest absolute Gasteiger partial charge is 0.327 e. The Morgan fingerprint density at radius 2 is 1.83 bits per heavy atom. The first kappa shape index (κ1) is 20.4. The first-order valence-electron chi connectivity index (χ1n) is 10.6. The van der Waals surface area contributed by atoms with Crippen LogP contribution in [-0.4, -0.2) is 46.9 Å². The van der Waals surface area contributed by atoms with E-state index in [1.807, 2.05) is 18.2 Å². The van der Waals surface area contributed by atoms with Gasteiger partial charge in [0.25, 0.3) is 0 Å². The predicted molar refractivity (Wildman–Crippen MR) is 109 cm³/mol. The van der Waals surface area contributed by atoms with Crippen LogP contribution in [0, 0.1) is 5.92 Å². The average molecular weight is 413 g/mol. The molecule has 1 aliphatic carbocycles. The van der Waals surface area contributed by atoms with Crippen LogP contribution in [0.4, 0.5) is 5.69 Å². The van der Waals surface area contributed by atoms with E-state index in [4.69, 9.17) is 0 Å². The van der Waals surface area contributed by atoms with Gasteiger partial charge in [-0.2, -0.15) is 0 Å². The molecule has 0 aromatic heterocycles. The molecule has 1 saturated carbocycles. The summed E-state index contributed by atoms with van der Waals surface area (Å²) in [5.41, 5.74) is 2.46. The van der Waals surface area contributed by atoms with Gasteiger partial charge in [0.1, 0.15) is 18.1 Å². The Bertz CT molecular complexity index is 893. The highest BCUT2D eigenvalue weighted by atomic mass is 16.4. The highest BCUT2D eigenvalue weighted by molar-refractivity contribution is 6.07. The average Bonchev–Trinajstić information content (AvgIpc) is 3.33. The molecule has 160 valence electrons. The van der Waals surface area contributed by atoms with Gasteiger partial charge in [0.05, 0.1) is 5.69 Å². The third-order valence-electron chi connectivity index (χ3n) is 6.52. The van der Waals surface area contributed by atoms with Gasteiger partial charge >= 0.3 is 5.97 Å². The maximum atomic E-state index is 13.3. The van der Waals surface area contributed by atoms with Gasteiger partial charge in [-0.15, -0.1) is 0 Å². The van der Waals surface area contributed by atoms with Crippen LogP contribution in [0.15, 0.2) is 18.2 Å². The lowest BCUT2D eigenvalue weighted by molar-refractivity contribution is -0.140. The Morgan fingerprint density at radius 1 is 1.13 bits per heavy atom. The largest absolute Gasteiger partial charge is 0.480 e. The topological polar surface area (TPSA) is 116 Å². The van der Waals surface area contributed by atoms with E-state index < -0.39 is 30.0 Å². The molecule has 1 fully saturated rings. The van der Waals surface area contributed by atoms with Crippen molar-refractivity contribution in [2.24, 2.45) is 5.92 Å². The number of anilines is 1. The van der Waals surface area contributed by atoms with Crippen molar-refractivity contribution in [3.8, 4) is 0 Å². The first-order chi connectivity index (χ1) is 14.4. The number of aliphatic carboxylic acids is 1. The van der Waals surface area contributed by atoms with Gasteiger partial charge in [-0.1, -0.05) is 31.0 Å². The quantitative estimate of drug-likeness (QED) is 0.670. The van der Waals surface area contributed by atoms with Gasteiger partial charge in [0.15, 0.2) is 0 Å². The number of benzene rings is 1. The number of rotatable bonds is 5. The number of hydrogen-bond acceptors (Lipinski definition) is 4. The molecule has 0 bridgehead atoms. The number of carboxylic acid groups (broad SMARTS) is 1. The Hall–Kier alpha value is -2.90. The minimum atomic E-state index is -1.06. The third kappa shape index (κ3) is 3.66. The molecular weight excluding hydrogens is 386 g/mol. The predicted octanol–water partition coefficient (Wildman–Crippen LogP) is 1.15. The zero-order valence-electron chi connectivity index (χ0n) is 17.0. The van der Waals surface area contributed by atoms with E-state index in [0.29, 0.717) is 18.5 Å². The molecule has 8 nitrogen and oxygen atoms in total. The molecule has 30 heavy (non-hydrogen) atoms. The van der Waals surface area contributed by atoms with Crippen molar-refractivity contribution < 1.29 is 24.3 Å². The lowest BCUT2D eigenvalue weighted by atomic mass is 9.96. The van der Waals surface area contributed by atoms with Gasteiger partial charge in [0, 0.05) is 13.3 Å². The highest BCUT2D eigenvalue weighted by Crippen LogP contribution is 2.39. The van der Waals surface area contributed by atoms with Crippen LogP contribution < -0.4 is 15.5 Å². The van der Waals surface area contributed by atoms with Crippen LogP contribution in [0.5, 0.6) is 0 Å². The van der Waals surface area contributed by atoms with E-state index in [9.17, 15) is 24.3 Å². The second kappa shape index (κ2) is 8.08. The Kier molecular flexibility index (Phi) is 5.49. The summed E-state index contributed by atoms with van der Waals surface area (Å²) in [7, 11) is 0. The highest BCUT2D eigenvalue weighted by Gasteiger charge is 2.44. The van der Waals surface area contributed by atoms with Crippen molar-refractivity contribution in [2.75, 3.05) is 4.90 Å². The van der Waals surface area contributed by atoms with E-state index in [0.717, 1.165) is 36.8 Å². The maximum absolute atomic E-state index is 13.3. The number of amides is 3. The van der Waals surface area contributed by atoms with Crippen LogP contribution in [0.2, 0.25) is 0 Å². The molecule has 0 unspecified atom stereocenters. The van der Waals surface area contributed by atoms with Crippen molar-refractivity contribution >= 4 is 29.4 Å². The van der Waals surface area contributed by atoms with Crippen molar-refractivity contribution in [2.45, 2.75) is 70.0 Å². The van der Waals surface area contributed by atoms with Crippen LogP contribution in [0.1, 0.15) is 50.2 Å². The molecule has 0 spiro atoms. The molecule has 3 amide bonds. The van der Waals surface area contributed by atoms with Gasteiger partial charge in [-0.3, -0.25) is 19.3 Å². The van der Waals surface area contributed by atoms with Gasteiger partial charge in [-0.25, -0.2) is 4.79 Å². The zero-order chi connectivity index (χ0) is 21.4. The number of nitrogens with zero attached hydrogens (tertiary/aromatic N) is 1. The van der Waals surface area contributed by atoms with E-state index in [-0.39, 0.29) is 24.2 Å². The first-order valence-corrected chi connectivity index (χ1v) is 10.6. The fourth-order valence-electron chi connectivity index (χ4n) is 5.13. The minimum absolute atomic E-state index is 0.0529. The fourth-order valence-corrected chi connectivity index (χ4v) is 5.13. The van der Waals surface area contributed by atoms with Gasteiger partial charge in [0.2, 0.25) is 17.7 Å². The van der Waals surface area contributed by atoms with Crippen LogP contribution in [-0.2, 0) is 32.0 Å². The zero-order valence-corrected chi connectivity index (χ0v) is 17.0. The van der Waals surface area contributed by atoms with E-state index in [2.05, 4.69) is 10.6 Å². The molecular formula is C22H27N3O5. The summed E-state index contributed by atoms with van der Waals surface area (Å²) in [6.07, 6.45) is 4.98. The summed E-state index contributed by atoms with van der Waals surface area (Å²) in [4.78, 5) is 51.3. The summed E-state index contributed by atoms with van der Waals surface area (Å²) < 4.78 is 0. The molecule has 2 aliphatic heterocycles. The molecule has 3 atom stereocenters. The van der Waals surface area contributed by atoms with Crippen LogP contribution >= 0.6 is 0 Å². The normalized spacial score (nSPS) is 24.2. The SMILES string of the molecule is CC(=O)N[C@H](C(=O)N[C@H]1CCc2cccc3c2N(C1=O)[C@H](C(=O)O)C3)C1CCCC1. The fraction of sp³-hybridized carbons (Fsp3) is 0.545. The van der Waals surface area contributed by atoms with Gasteiger partial charge < -0.3 is 15.7 Å². The Labute approximate surface area is 175 Å². The summed E-state index contributed by atoms with van der Waals surface area (Å²) in [6, 6.07) is 3.18. The summed E-state index contributed by atoms with van der Waals surface area (Å²) in [6.45, 7) is 1.38.